The predicted octanol–water partition coefficient (Wildman–Crippen LogP) is 6.15. The van der Waals surface area contributed by atoms with Gasteiger partial charge in [0.15, 0.2) is 18.1 Å². The molecule has 0 unspecified atom stereocenters. The van der Waals surface area contributed by atoms with E-state index in [-0.39, 0.29) is 31.1 Å². The lowest BCUT2D eigenvalue weighted by molar-refractivity contribution is -0.139. The Morgan fingerprint density at radius 1 is 0.980 bits per heavy atom. The molecule has 0 saturated heterocycles. The average molecular weight is 713 g/mol. The number of hydrazone groups is 1. The van der Waals surface area contributed by atoms with Crippen molar-refractivity contribution in [3.63, 3.8) is 0 Å². The zero-order valence-corrected chi connectivity index (χ0v) is 29.4. The summed E-state index contributed by atoms with van der Waals surface area (Å²) in [6.45, 7) is 9.10. The predicted molar refractivity (Wildman–Crippen MR) is 189 cm³/mol. The number of allylic oxidation sites excluding steroid dienone is 1. The number of halogens is 2. The zero-order chi connectivity index (χ0) is 35.5. The summed E-state index contributed by atoms with van der Waals surface area (Å²) in [4.78, 5) is 39.8. The number of benzene rings is 3. The third-order valence-corrected chi connectivity index (χ3v) is 8.15. The van der Waals surface area contributed by atoms with Gasteiger partial charge in [0.1, 0.15) is 12.4 Å². The van der Waals surface area contributed by atoms with E-state index in [1.165, 1.54) is 13.3 Å². The first-order chi connectivity index (χ1) is 23.6. The van der Waals surface area contributed by atoms with E-state index in [4.69, 9.17) is 42.1 Å². The van der Waals surface area contributed by atoms with Gasteiger partial charge in [-0.05, 0) is 69.7 Å². The second-order valence-electron chi connectivity index (χ2n) is 10.7. The summed E-state index contributed by atoms with van der Waals surface area (Å²) in [6.07, 6.45) is 1.49. The number of hydrogen-bond acceptors (Lipinski definition) is 9. The van der Waals surface area contributed by atoms with E-state index in [2.05, 4.69) is 39.9 Å². The molecule has 3 aromatic carbocycles. The average Bonchev–Trinajstić information content (AvgIpc) is 3.07. The summed E-state index contributed by atoms with van der Waals surface area (Å²) in [6, 6.07) is 14.6. The molecule has 14 heteroatoms. The van der Waals surface area contributed by atoms with Crippen LogP contribution in [-0.2, 0) is 20.9 Å². The first-order valence-corrected chi connectivity index (χ1v) is 16.4. The normalized spacial score (nSPS) is 14.2. The Morgan fingerprint density at radius 2 is 1.76 bits per heavy atom. The standard InChI is InChI=1S/C35H39Cl2N5O7/c1-6-42(7-2)26-13-10-23(29(17-26)48-19-24-9-12-25(36)16-27(24)37)18-38-41-31(43)20-49-28-14-11-22(15-30(28)46-5)33-32(34(44)47-8-3)21(4)39-35(45)40-33/h9-18,33H,6-8,19-20H2,1-5H3,(H,41,43)(H2,39,40,45)/b38-18+/t33-/m1/s1. The van der Waals surface area contributed by atoms with Gasteiger partial charge < -0.3 is 34.5 Å². The summed E-state index contributed by atoms with van der Waals surface area (Å²) >= 11 is 12.4. The van der Waals surface area contributed by atoms with E-state index >= 15 is 0 Å². The van der Waals surface area contributed by atoms with E-state index in [0.29, 0.717) is 38.4 Å². The van der Waals surface area contributed by atoms with Gasteiger partial charge in [-0.15, -0.1) is 0 Å². The lowest BCUT2D eigenvalue weighted by Gasteiger charge is -2.28. The van der Waals surface area contributed by atoms with Crippen molar-refractivity contribution in [1.29, 1.82) is 0 Å². The third-order valence-electron chi connectivity index (χ3n) is 7.56. The van der Waals surface area contributed by atoms with Crippen LogP contribution in [0.5, 0.6) is 17.2 Å². The summed E-state index contributed by atoms with van der Waals surface area (Å²) in [5.41, 5.74) is 6.05. The lowest BCUT2D eigenvalue weighted by Crippen LogP contribution is -2.45. The molecule has 0 aliphatic carbocycles. The summed E-state index contributed by atoms with van der Waals surface area (Å²) in [5, 5.41) is 10.5. The lowest BCUT2D eigenvalue weighted by atomic mass is 9.95. The van der Waals surface area contributed by atoms with Crippen molar-refractivity contribution in [3.05, 3.63) is 92.6 Å². The number of hydrogen-bond donors (Lipinski definition) is 3. The van der Waals surface area contributed by atoms with Crippen molar-refractivity contribution in [3.8, 4) is 17.2 Å². The number of ether oxygens (including phenoxy) is 4. The quantitative estimate of drug-likeness (QED) is 0.0970. The molecule has 3 amide bonds. The smallest absolute Gasteiger partial charge is 0.338 e. The molecular formula is C35H39Cl2N5O7. The fraction of sp³-hybridized carbons (Fsp3) is 0.314. The molecule has 49 heavy (non-hydrogen) atoms. The van der Waals surface area contributed by atoms with Gasteiger partial charge in [-0.1, -0.05) is 35.3 Å². The fourth-order valence-electron chi connectivity index (χ4n) is 5.09. The Balaban J connectivity index is 1.44. The minimum atomic E-state index is -0.786. The van der Waals surface area contributed by atoms with Gasteiger partial charge >= 0.3 is 12.0 Å². The molecular weight excluding hydrogens is 673 g/mol. The molecule has 260 valence electrons. The molecule has 1 heterocycles. The van der Waals surface area contributed by atoms with Gasteiger partial charge in [0.05, 0.1) is 31.5 Å². The number of anilines is 1. The van der Waals surface area contributed by atoms with E-state index in [1.807, 2.05) is 18.2 Å². The molecule has 1 atom stereocenters. The van der Waals surface area contributed by atoms with Crippen LogP contribution in [-0.4, -0.2) is 57.5 Å². The van der Waals surface area contributed by atoms with Crippen LogP contribution in [0, 0.1) is 0 Å². The van der Waals surface area contributed by atoms with E-state index in [0.717, 1.165) is 24.3 Å². The monoisotopic (exact) mass is 711 g/mol. The van der Waals surface area contributed by atoms with E-state index in [9.17, 15) is 14.4 Å². The number of esters is 1. The van der Waals surface area contributed by atoms with Crippen molar-refractivity contribution in [2.24, 2.45) is 5.10 Å². The Kier molecular flexibility index (Phi) is 13.1. The largest absolute Gasteiger partial charge is 0.493 e. The molecule has 1 aliphatic heterocycles. The Hall–Kier alpha value is -4.94. The molecule has 12 nitrogen and oxygen atoms in total. The zero-order valence-electron chi connectivity index (χ0n) is 27.9. The van der Waals surface area contributed by atoms with Gasteiger partial charge in [0, 0.05) is 51.7 Å². The highest BCUT2D eigenvalue weighted by Crippen LogP contribution is 2.35. The van der Waals surface area contributed by atoms with E-state index in [1.54, 1.807) is 50.2 Å². The molecule has 0 saturated carbocycles. The van der Waals surface area contributed by atoms with Crippen LogP contribution in [0.3, 0.4) is 0 Å². The number of nitrogens with zero attached hydrogens (tertiary/aromatic N) is 2. The van der Waals surface area contributed by atoms with Crippen LogP contribution < -0.4 is 35.2 Å². The number of methoxy groups -OCH3 is 1. The second-order valence-corrected chi connectivity index (χ2v) is 11.5. The second kappa shape index (κ2) is 17.5. The van der Waals surface area contributed by atoms with Gasteiger partial charge in [0.2, 0.25) is 0 Å². The van der Waals surface area contributed by atoms with Crippen LogP contribution >= 0.6 is 23.2 Å². The third kappa shape index (κ3) is 9.58. The Morgan fingerprint density at radius 3 is 2.45 bits per heavy atom. The minimum Gasteiger partial charge on any atom is -0.493 e. The first kappa shape index (κ1) is 36.9. The Bertz CT molecular complexity index is 1740. The van der Waals surface area contributed by atoms with Crippen LogP contribution in [0.1, 0.15) is 50.4 Å². The molecule has 0 bridgehead atoms. The Labute approximate surface area is 295 Å². The highest BCUT2D eigenvalue weighted by molar-refractivity contribution is 6.35. The minimum absolute atomic E-state index is 0.177. The summed E-state index contributed by atoms with van der Waals surface area (Å²) in [5.74, 6) is 0.0336. The molecule has 4 rings (SSSR count). The van der Waals surface area contributed by atoms with Gasteiger partial charge in [-0.2, -0.15) is 5.10 Å². The first-order valence-electron chi connectivity index (χ1n) is 15.6. The number of carbonyl (C=O) groups is 3. The summed E-state index contributed by atoms with van der Waals surface area (Å²) < 4.78 is 22.6. The van der Waals surface area contributed by atoms with E-state index < -0.39 is 23.9 Å². The summed E-state index contributed by atoms with van der Waals surface area (Å²) in [7, 11) is 1.44. The van der Waals surface area contributed by atoms with Crippen molar-refractivity contribution in [2.75, 3.05) is 38.3 Å². The number of urea groups is 1. The van der Waals surface area contributed by atoms with Gasteiger partial charge in [0.25, 0.3) is 5.91 Å². The van der Waals surface area contributed by atoms with Crippen molar-refractivity contribution in [1.82, 2.24) is 16.1 Å². The highest BCUT2D eigenvalue weighted by Gasteiger charge is 2.32. The van der Waals surface area contributed by atoms with Crippen LogP contribution in [0.2, 0.25) is 10.0 Å². The molecule has 0 radical (unpaired) electrons. The topological polar surface area (TPSA) is 140 Å². The van der Waals surface area contributed by atoms with Crippen molar-refractivity contribution in [2.45, 2.75) is 40.3 Å². The molecule has 0 aromatic heterocycles. The van der Waals surface area contributed by atoms with Crippen molar-refractivity contribution < 1.29 is 33.3 Å². The number of carbonyl (C=O) groups excluding carboxylic acids is 3. The van der Waals surface area contributed by atoms with Gasteiger partial charge in [-0.25, -0.2) is 15.0 Å². The molecule has 0 fully saturated rings. The van der Waals surface area contributed by atoms with Crippen molar-refractivity contribution >= 4 is 53.0 Å². The van der Waals surface area contributed by atoms with Crippen LogP contribution in [0.4, 0.5) is 10.5 Å². The maximum atomic E-state index is 12.7. The molecule has 0 spiro atoms. The number of nitrogens with one attached hydrogen (secondary N) is 3. The molecule has 3 N–H and O–H groups in total. The van der Waals surface area contributed by atoms with Gasteiger partial charge in [-0.3, -0.25) is 4.79 Å². The highest BCUT2D eigenvalue weighted by atomic mass is 35.5. The van der Waals surface area contributed by atoms with Crippen LogP contribution in [0.25, 0.3) is 0 Å². The SMILES string of the molecule is CCOC(=O)C1=C(C)NC(=O)N[C@@H]1c1ccc(OCC(=O)N/N=C/c2ccc(N(CC)CC)cc2OCc2ccc(Cl)cc2Cl)c(OC)c1. The maximum Gasteiger partial charge on any atom is 0.338 e. The fourth-order valence-corrected chi connectivity index (χ4v) is 5.55. The van der Waals surface area contributed by atoms with Crippen LogP contribution in [0.15, 0.2) is 71.0 Å². The molecule has 1 aliphatic rings. The maximum absolute atomic E-state index is 12.7. The molecule has 3 aromatic rings. The number of rotatable bonds is 15. The number of amides is 3.